The second-order valence-corrected chi connectivity index (χ2v) is 6.52. The van der Waals surface area contributed by atoms with Crippen LogP contribution in [0.1, 0.15) is 35.5 Å². The number of rotatable bonds is 3. The number of hydrogen-bond donors (Lipinski definition) is 1. The van der Waals surface area contributed by atoms with Crippen molar-refractivity contribution in [2.24, 2.45) is 0 Å². The second-order valence-electron chi connectivity index (χ2n) is 6.52. The van der Waals surface area contributed by atoms with E-state index in [1.54, 1.807) is 24.3 Å². The number of anilines is 1. The average molecular weight is 349 g/mol. The van der Waals surface area contributed by atoms with Crippen molar-refractivity contribution >= 4 is 28.6 Å². The van der Waals surface area contributed by atoms with Gasteiger partial charge in [0, 0.05) is 31.3 Å². The van der Waals surface area contributed by atoms with Crippen LogP contribution in [0.5, 0.6) is 0 Å². The molecule has 2 heterocycles. The van der Waals surface area contributed by atoms with Gasteiger partial charge in [-0.15, -0.1) is 0 Å². The lowest BCUT2D eigenvalue weighted by atomic mass is 10.1. The summed E-state index contributed by atoms with van der Waals surface area (Å²) in [6, 6.07) is 14.6. The summed E-state index contributed by atoms with van der Waals surface area (Å²) in [4.78, 5) is 30.2. The summed E-state index contributed by atoms with van der Waals surface area (Å²) in [5, 5.41) is 2.70. The van der Waals surface area contributed by atoms with Crippen molar-refractivity contribution in [3.63, 3.8) is 0 Å². The zero-order valence-electron chi connectivity index (χ0n) is 14.4. The number of benzene rings is 2. The standard InChI is InChI=1S/C20H19N3O3/c1-13(24)21-16-8-6-14(7-9-16)20(25)23-11-10-15(12-23)19-22-17-4-2-3-5-18(17)26-19/h2-9,15H,10-12H2,1H3,(H,21,24)/t15-/m0/s1. The maximum absolute atomic E-state index is 12.7. The van der Waals surface area contributed by atoms with Gasteiger partial charge in [0.2, 0.25) is 5.91 Å². The third-order valence-corrected chi connectivity index (χ3v) is 4.59. The van der Waals surface area contributed by atoms with E-state index in [9.17, 15) is 9.59 Å². The number of carbonyl (C=O) groups excluding carboxylic acids is 2. The predicted octanol–water partition coefficient (Wildman–Crippen LogP) is 3.42. The van der Waals surface area contributed by atoms with E-state index < -0.39 is 0 Å². The summed E-state index contributed by atoms with van der Waals surface area (Å²) in [7, 11) is 0. The van der Waals surface area contributed by atoms with E-state index in [1.165, 1.54) is 6.92 Å². The van der Waals surface area contributed by atoms with Gasteiger partial charge in [0.15, 0.2) is 11.5 Å². The Morgan fingerprint density at radius 2 is 1.92 bits per heavy atom. The van der Waals surface area contributed by atoms with Crippen LogP contribution in [0.3, 0.4) is 0 Å². The Bertz CT molecular complexity index is 929. The fourth-order valence-corrected chi connectivity index (χ4v) is 3.29. The molecule has 0 radical (unpaired) electrons. The maximum atomic E-state index is 12.7. The zero-order chi connectivity index (χ0) is 18.1. The van der Waals surface area contributed by atoms with Gasteiger partial charge >= 0.3 is 0 Å². The molecule has 1 saturated heterocycles. The number of nitrogens with one attached hydrogen (secondary N) is 1. The van der Waals surface area contributed by atoms with Crippen LogP contribution in [0.2, 0.25) is 0 Å². The first-order valence-corrected chi connectivity index (χ1v) is 8.62. The van der Waals surface area contributed by atoms with Crippen LogP contribution in [0.25, 0.3) is 11.1 Å². The number of aromatic nitrogens is 1. The Kier molecular flexibility index (Phi) is 4.16. The van der Waals surface area contributed by atoms with Gasteiger partial charge < -0.3 is 14.6 Å². The number of para-hydroxylation sites is 2. The zero-order valence-corrected chi connectivity index (χ0v) is 14.4. The summed E-state index contributed by atoms with van der Waals surface area (Å²) in [5.74, 6) is 0.662. The van der Waals surface area contributed by atoms with Crippen molar-refractivity contribution < 1.29 is 14.0 Å². The van der Waals surface area contributed by atoms with E-state index >= 15 is 0 Å². The fraction of sp³-hybridized carbons (Fsp3) is 0.250. The van der Waals surface area contributed by atoms with Gasteiger partial charge in [-0.25, -0.2) is 4.98 Å². The van der Waals surface area contributed by atoms with Crippen molar-refractivity contribution in [3.05, 3.63) is 60.0 Å². The SMILES string of the molecule is CC(=O)Nc1ccc(C(=O)N2CC[C@H](c3nc4ccccc4o3)C2)cc1. The number of amides is 2. The second kappa shape index (κ2) is 6.63. The molecule has 2 amide bonds. The average Bonchev–Trinajstić information content (AvgIpc) is 3.28. The molecule has 1 fully saturated rings. The molecule has 4 rings (SSSR count). The van der Waals surface area contributed by atoms with Crippen molar-refractivity contribution in [1.82, 2.24) is 9.88 Å². The van der Waals surface area contributed by atoms with Gasteiger partial charge in [-0.1, -0.05) is 12.1 Å². The lowest BCUT2D eigenvalue weighted by molar-refractivity contribution is -0.114. The summed E-state index contributed by atoms with van der Waals surface area (Å²) < 4.78 is 5.85. The van der Waals surface area contributed by atoms with Crippen molar-refractivity contribution in [2.75, 3.05) is 18.4 Å². The molecular weight excluding hydrogens is 330 g/mol. The van der Waals surface area contributed by atoms with Gasteiger partial charge in [-0.2, -0.15) is 0 Å². The molecule has 0 saturated carbocycles. The van der Waals surface area contributed by atoms with Crippen LogP contribution in [0.4, 0.5) is 5.69 Å². The molecule has 2 aromatic carbocycles. The summed E-state index contributed by atoms with van der Waals surface area (Å²) in [6.07, 6.45) is 0.836. The molecule has 6 nitrogen and oxygen atoms in total. The first kappa shape index (κ1) is 16.3. The lowest BCUT2D eigenvalue weighted by Crippen LogP contribution is -2.28. The Morgan fingerprint density at radius 3 is 2.65 bits per heavy atom. The van der Waals surface area contributed by atoms with Crippen LogP contribution in [-0.2, 0) is 4.79 Å². The van der Waals surface area contributed by atoms with E-state index in [1.807, 2.05) is 29.2 Å². The molecule has 1 aliphatic heterocycles. The maximum Gasteiger partial charge on any atom is 0.253 e. The molecule has 0 spiro atoms. The Balaban J connectivity index is 1.46. The van der Waals surface area contributed by atoms with Gasteiger partial charge in [-0.05, 0) is 42.8 Å². The quantitative estimate of drug-likeness (QED) is 0.786. The van der Waals surface area contributed by atoms with E-state index in [0.29, 0.717) is 30.2 Å². The molecule has 0 unspecified atom stereocenters. The predicted molar refractivity (Wildman–Crippen MR) is 98.0 cm³/mol. The smallest absolute Gasteiger partial charge is 0.253 e. The lowest BCUT2D eigenvalue weighted by Gasteiger charge is -2.16. The van der Waals surface area contributed by atoms with Crippen molar-refractivity contribution in [1.29, 1.82) is 0 Å². The molecule has 1 atom stereocenters. The molecule has 1 N–H and O–H groups in total. The largest absolute Gasteiger partial charge is 0.440 e. The molecule has 132 valence electrons. The van der Waals surface area contributed by atoms with E-state index in [0.717, 1.165) is 17.5 Å². The van der Waals surface area contributed by atoms with Crippen molar-refractivity contribution in [3.8, 4) is 0 Å². The molecule has 1 aromatic heterocycles. The summed E-state index contributed by atoms with van der Waals surface area (Å²) in [5.41, 5.74) is 2.92. The van der Waals surface area contributed by atoms with E-state index in [4.69, 9.17) is 4.42 Å². The number of nitrogens with zero attached hydrogens (tertiary/aromatic N) is 2. The highest BCUT2D eigenvalue weighted by Gasteiger charge is 2.31. The molecule has 1 aliphatic rings. The first-order valence-electron chi connectivity index (χ1n) is 8.62. The Morgan fingerprint density at radius 1 is 1.15 bits per heavy atom. The van der Waals surface area contributed by atoms with Crippen LogP contribution in [0, 0.1) is 0 Å². The summed E-state index contributed by atoms with van der Waals surface area (Å²) >= 11 is 0. The topological polar surface area (TPSA) is 75.4 Å². The van der Waals surface area contributed by atoms with Crippen LogP contribution in [0.15, 0.2) is 52.9 Å². The Labute approximate surface area is 150 Å². The van der Waals surface area contributed by atoms with Gasteiger partial charge in [0.25, 0.3) is 5.91 Å². The monoisotopic (exact) mass is 349 g/mol. The highest BCUT2D eigenvalue weighted by Crippen LogP contribution is 2.30. The minimum absolute atomic E-state index is 0.0158. The highest BCUT2D eigenvalue weighted by molar-refractivity contribution is 5.95. The molecule has 3 aromatic rings. The number of hydrogen-bond acceptors (Lipinski definition) is 4. The van der Waals surface area contributed by atoms with Crippen LogP contribution < -0.4 is 5.32 Å². The minimum atomic E-state index is -0.134. The normalized spacial score (nSPS) is 16.8. The molecule has 0 aliphatic carbocycles. The van der Waals surface area contributed by atoms with E-state index in [2.05, 4.69) is 10.3 Å². The van der Waals surface area contributed by atoms with Gasteiger partial charge in [-0.3, -0.25) is 9.59 Å². The van der Waals surface area contributed by atoms with Gasteiger partial charge in [0.05, 0.1) is 5.92 Å². The number of oxazole rings is 1. The Hall–Kier alpha value is -3.15. The van der Waals surface area contributed by atoms with Crippen LogP contribution >= 0.6 is 0 Å². The minimum Gasteiger partial charge on any atom is -0.440 e. The van der Waals surface area contributed by atoms with Crippen molar-refractivity contribution in [2.45, 2.75) is 19.3 Å². The molecule has 0 bridgehead atoms. The number of carbonyl (C=O) groups is 2. The fourth-order valence-electron chi connectivity index (χ4n) is 3.29. The molecular formula is C20H19N3O3. The third-order valence-electron chi connectivity index (χ3n) is 4.59. The van der Waals surface area contributed by atoms with Gasteiger partial charge in [0.1, 0.15) is 5.52 Å². The van der Waals surface area contributed by atoms with E-state index in [-0.39, 0.29) is 17.7 Å². The number of fused-ring (bicyclic) bond motifs is 1. The molecule has 6 heteroatoms. The van der Waals surface area contributed by atoms with Crippen LogP contribution in [-0.4, -0.2) is 34.8 Å². The third kappa shape index (κ3) is 3.18. The number of likely N-dealkylation sites (tertiary alicyclic amines) is 1. The first-order chi connectivity index (χ1) is 12.6. The highest BCUT2D eigenvalue weighted by atomic mass is 16.3. The molecule has 26 heavy (non-hydrogen) atoms. The summed E-state index contributed by atoms with van der Waals surface area (Å²) in [6.45, 7) is 2.73.